The van der Waals surface area contributed by atoms with Crippen molar-refractivity contribution in [2.24, 2.45) is 0 Å². The molecule has 2 heteroatoms. The van der Waals surface area contributed by atoms with E-state index in [1.54, 1.807) is 0 Å². The monoisotopic (exact) mass is 434 g/mol. The summed E-state index contributed by atoms with van der Waals surface area (Å²) in [6.45, 7) is 0. The van der Waals surface area contributed by atoms with Gasteiger partial charge in [0.15, 0.2) is 0 Å². The number of hydrogen-bond acceptors (Lipinski definition) is 2. The Morgan fingerprint density at radius 2 is 0.941 bits per heavy atom. The molecule has 0 aliphatic heterocycles. The predicted octanol–water partition coefficient (Wildman–Crippen LogP) is 8.28. The van der Waals surface area contributed by atoms with E-state index in [4.69, 9.17) is 11.5 Å². The maximum absolute atomic E-state index is 6.54. The van der Waals surface area contributed by atoms with Crippen molar-refractivity contribution in [1.29, 1.82) is 0 Å². The average Bonchev–Trinajstić information content (AvgIpc) is 2.86. The largest absolute Gasteiger partial charge is 0.397 e. The van der Waals surface area contributed by atoms with E-state index in [9.17, 15) is 0 Å². The molecule has 7 aromatic carbocycles. The lowest BCUT2D eigenvalue weighted by atomic mass is 9.91. The molecule has 0 aromatic heterocycles. The molecule has 0 fully saturated rings. The highest BCUT2D eigenvalue weighted by Crippen LogP contribution is 2.41. The number of nitrogens with two attached hydrogens (primary N) is 2. The fourth-order valence-corrected chi connectivity index (χ4v) is 5.35. The van der Waals surface area contributed by atoms with Gasteiger partial charge < -0.3 is 11.5 Å². The molecule has 0 atom stereocenters. The number of anilines is 2. The fourth-order valence-electron chi connectivity index (χ4n) is 5.35. The van der Waals surface area contributed by atoms with E-state index in [1.165, 1.54) is 43.1 Å². The SMILES string of the molecule is Nc1cc2cc3ccc4cc5cc6ccccc6cc5cc4c3cc2c(-c2ccccc2)c1N. The maximum Gasteiger partial charge on any atom is 0.0633 e. The first-order valence-electron chi connectivity index (χ1n) is 11.5. The zero-order chi connectivity index (χ0) is 22.8. The van der Waals surface area contributed by atoms with Gasteiger partial charge in [-0.05, 0) is 102 Å². The molecule has 160 valence electrons. The summed E-state index contributed by atoms with van der Waals surface area (Å²) in [5, 5.41) is 12.2. The van der Waals surface area contributed by atoms with E-state index < -0.39 is 0 Å². The van der Waals surface area contributed by atoms with Gasteiger partial charge in [0.05, 0.1) is 11.4 Å². The van der Waals surface area contributed by atoms with Gasteiger partial charge in [-0.25, -0.2) is 0 Å². The minimum absolute atomic E-state index is 0.615. The first-order chi connectivity index (χ1) is 16.7. The number of hydrogen-bond donors (Lipinski definition) is 2. The van der Waals surface area contributed by atoms with E-state index in [2.05, 4.69) is 84.9 Å². The van der Waals surface area contributed by atoms with Crippen LogP contribution in [0.3, 0.4) is 0 Å². The number of benzene rings is 7. The summed E-state index contributed by atoms with van der Waals surface area (Å²) in [7, 11) is 0. The highest BCUT2D eigenvalue weighted by atomic mass is 14.7. The quantitative estimate of drug-likeness (QED) is 0.155. The second-order valence-corrected chi connectivity index (χ2v) is 9.10. The van der Waals surface area contributed by atoms with Crippen LogP contribution in [0.15, 0.2) is 109 Å². The minimum atomic E-state index is 0.615. The van der Waals surface area contributed by atoms with Gasteiger partial charge in [0, 0.05) is 5.56 Å². The third kappa shape index (κ3) is 2.76. The molecule has 0 amide bonds. The van der Waals surface area contributed by atoms with Crippen molar-refractivity contribution >= 4 is 65.2 Å². The van der Waals surface area contributed by atoms with Gasteiger partial charge >= 0.3 is 0 Å². The van der Waals surface area contributed by atoms with Crippen LogP contribution in [0.2, 0.25) is 0 Å². The molecule has 0 aliphatic rings. The van der Waals surface area contributed by atoms with Crippen molar-refractivity contribution in [3.8, 4) is 11.1 Å². The van der Waals surface area contributed by atoms with Crippen LogP contribution in [0, 0.1) is 0 Å². The van der Waals surface area contributed by atoms with Crippen molar-refractivity contribution in [2.75, 3.05) is 11.5 Å². The number of nitrogen functional groups attached to an aromatic ring is 2. The molecule has 0 saturated heterocycles. The Hall–Kier alpha value is -4.56. The molecule has 2 nitrogen and oxygen atoms in total. The van der Waals surface area contributed by atoms with Gasteiger partial charge in [0.1, 0.15) is 0 Å². The van der Waals surface area contributed by atoms with Crippen LogP contribution in [0.1, 0.15) is 0 Å². The highest BCUT2D eigenvalue weighted by molar-refractivity contribution is 6.19. The lowest BCUT2D eigenvalue weighted by Crippen LogP contribution is -1.98. The molecule has 0 aliphatic carbocycles. The van der Waals surface area contributed by atoms with E-state index >= 15 is 0 Å². The molecule has 34 heavy (non-hydrogen) atoms. The zero-order valence-electron chi connectivity index (χ0n) is 18.5. The molecule has 0 spiro atoms. The van der Waals surface area contributed by atoms with Crippen LogP contribution in [-0.4, -0.2) is 0 Å². The Bertz CT molecular complexity index is 1920. The van der Waals surface area contributed by atoms with Gasteiger partial charge in [-0.1, -0.05) is 66.7 Å². The van der Waals surface area contributed by atoms with Crippen LogP contribution >= 0.6 is 0 Å². The first-order valence-corrected chi connectivity index (χ1v) is 11.5. The third-order valence-corrected chi connectivity index (χ3v) is 7.05. The van der Waals surface area contributed by atoms with Crippen molar-refractivity contribution in [2.45, 2.75) is 0 Å². The zero-order valence-corrected chi connectivity index (χ0v) is 18.5. The lowest BCUT2D eigenvalue weighted by Gasteiger charge is -2.15. The van der Waals surface area contributed by atoms with Crippen LogP contribution < -0.4 is 11.5 Å². The Labute approximate surface area is 197 Å². The number of rotatable bonds is 1. The lowest BCUT2D eigenvalue weighted by molar-refractivity contribution is 1.64. The van der Waals surface area contributed by atoms with Crippen LogP contribution in [0.4, 0.5) is 11.4 Å². The van der Waals surface area contributed by atoms with Crippen molar-refractivity contribution in [3.05, 3.63) is 109 Å². The highest BCUT2D eigenvalue weighted by Gasteiger charge is 2.14. The summed E-state index contributed by atoms with van der Waals surface area (Å²) in [6.07, 6.45) is 0. The fraction of sp³-hybridized carbons (Fsp3) is 0. The van der Waals surface area contributed by atoms with Crippen LogP contribution in [0.5, 0.6) is 0 Å². The molecule has 0 unspecified atom stereocenters. The van der Waals surface area contributed by atoms with Crippen molar-refractivity contribution in [3.63, 3.8) is 0 Å². The Morgan fingerprint density at radius 3 is 1.65 bits per heavy atom. The second kappa shape index (κ2) is 6.97. The molecule has 0 heterocycles. The molecule has 7 aromatic rings. The number of fused-ring (bicyclic) bond motifs is 6. The summed E-state index contributed by atoms with van der Waals surface area (Å²) in [4.78, 5) is 0. The van der Waals surface area contributed by atoms with Gasteiger partial charge in [-0.15, -0.1) is 0 Å². The summed E-state index contributed by atoms with van der Waals surface area (Å²) >= 11 is 0. The minimum Gasteiger partial charge on any atom is -0.397 e. The third-order valence-electron chi connectivity index (χ3n) is 7.05. The van der Waals surface area contributed by atoms with Crippen molar-refractivity contribution < 1.29 is 0 Å². The average molecular weight is 435 g/mol. The molecule has 0 bridgehead atoms. The summed E-state index contributed by atoms with van der Waals surface area (Å²) in [6, 6.07) is 39.0. The molecule has 4 N–H and O–H groups in total. The normalized spacial score (nSPS) is 11.8. The standard InChI is InChI=1S/C32H22N2/c33-30-17-26-15-23-11-10-22-14-24-12-20-8-4-5-9-21(20)13-25(24)16-27(22)28(23)18-29(26)31(32(30)34)19-6-2-1-3-7-19/h1-18H,33-34H2. The Morgan fingerprint density at radius 1 is 0.382 bits per heavy atom. The summed E-state index contributed by atoms with van der Waals surface area (Å²) < 4.78 is 0. The molecule has 7 rings (SSSR count). The van der Waals surface area contributed by atoms with E-state index in [0.29, 0.717) is 11.4 Å². The maximum atomic E-state index is 6.54. The smallest absolute Gasteiger partial charge is 0.0633 e. The van der Waals surface area contributed by atoms with Crippen LogP contribution in [-0.2, 0) is 0 Å². The molecule has 0 saturated carbocycles. The molecular formula is C32H22N2. The Balaban J connectivity index is 1.60. The molecule has 0 radical (unpaired) electrons. The first kappa shape index (κ1) is 19.0. The predicted molar refractivity (Wildman–Crippen MR) is 148 cm³/mol. The van der Waals surface area contributed by atoms with E-state index in [1.807, 2.05) is 24.3 Å². The van der Waals surface area contributed by atoms with Crippen LogP contribution in [0.25, 0.3) is 65.0 Å². The van der Waals surface area contributed by atoms with Crippen molar-refractivity contribution in [1.82, 2.24) is 0 Å². The summed E-state index contributed by atoms with van der Waals surface area (Å²) in [5.41, 5.74) is 16.2. The second-order valence-electron chi connectivity index (χ2n) is 9.10. The van der Waals surface area contributed by atoms with Gasteiger partial charge in [-0.3, -0.25) is 0 Å². The Kier molecular flexibility index (Phi) is 3.88. The molecular weight excluding hydrogens is 412 g/mol. The van der Waals surface area contributed by atoms with Gasteiger partial charge in [-0.2, -0.15) is 0 Å². The van der Waals surface area contributed by atoms with E-state index in [0.717, 1.165) is 21.9 Å². The van der Waals surface area contributed by atoms with Gasteiger partial charge in [0.25, 0.3) is 0 Å². The van der Waals surface area contributed by atoms with E-state index in [-0.39, 0.29) is 0 Å². The van der Waals surface area contributed by atoms with Gasteiger partial charge in [0.2, 0.25) is 0 Å². The summed E-state index contributed by atoms with van der Waals surface area (Å²) in [5.74, 6) is 0. The topological polar surface area (TPSA) is 52.0 Å².